The van der Waals surface area contributed by atoms with Crippen LogP contribution in [0.5, 0.6) is 11.6 Å². The monoisotopic (exact) mass is 330 g/mol. The molecule has 1 aromatic heterocycles. The number of ether oxygens (including phenoxy) is 1. The van der Waals surface area contributed by atoms with Crippen LogP contribution in [-0.2, 0) is 0 Å². The topological polar surface area (TPSA) is 35.0 Å². The minimum absolute atomic E-state index is 0.147. The lowest BCUT2D eigenvalue weighted by Gasteiger charge is -2.09. The highest BCUT2D eigenvalue weighted by Gasteiger charge is 2.12. The van der Waals surface area contributed by atoms with Crippen molar-refractivity contribution < 1.29 is 9.13 Å². The van der Waals surface area contributed by atoms with Crippen LogP contribution in [0.25, 0.3) is 0 Å². The van der Waals surface area contributed by atoms with Crippen molar-refractivity contribution in [3.8, 4) is 11.6 Å². The van der Waals surface area contributed by atoms with Gasteiger partial charge in [0.1, 0.15) is 11.6 Å². The Labute approximate surface area is 117 Å². The van der Waals surface area contributed by atoms with Gasteiger partial charge in [0.15, 0.2) is 5.15 Å². The zero-order valence-corrected chi connectivity index (χ0v) is 12.0. The van der Waals surface area contributed by atoms with Crippen LogP contribution in [0.2, 0.25) is 5.15 Å². The first-order valence-corrected chi connectivity index (χ1v) is 6.28. The summed E-state index contributed by atoms with van der Waals surface area (Å²) in [6.07, 6.45) is 0. The van der Waals surface area contributed by atoms with E-state index in [0.29, 0.717) is 15.9 Å². The lowest BCUT2D eigenvalue weighted by atomic mass is 10.3. The summed E-state index contributed by atoms with van der Waals surface area (Å²) in [5.41, 5.74) is 1.44. The molecule has 0 saturated carbocycles. The number of benzene rings is 1. The Hall–Kier alpha value is -1.20. The van der Waals surface area contributed by atoms with Crippen LogP contribution in [0.4, 0.5) is 4.39 Å². The molecule has 0 aliphatic carbocycles. The third kappa shape index (κ3) is 2.79. The molecule has 0 fully saturated rings. The van der Waals surface area contributed by atoms with E-state index in [1.807, 2.05) is 0 Å². The predicted molar refractivity (Wildman–Crippen MR) is 70.7 cm³/mol. The van der Waals surface area contributed by atoms with E-state index in [2.05, 4.69) is 25.9 Å². The number of nitrogens with zero attached hydrogens (tertiary/aromatic N) is 2. The van der Waals surface area contributed by atoms with Gasteiger partial charge in [-0.15, -0.1) is 0 Å². The van der Waals surface area contributed by atoms with E-state index < -0.39 is 5.82 Å². The minimum atomic E-state index is -0.402. The van der Waals surface area contributed by atoms with Gasteiger partial charge in [-0.25, -0.2) is 14.4 Å². The number of aromatic nitrogens is 2. The Bertz CT molecular complexity index is 607. The summed E-state index contributed by atoms with van der Waals surface area (Å²) in [7, 11) is 0. The summed E-state index contributed by atoms with van der Waals surface area (Å²) in [5, 5.41) is 0.147. The average Bonchev–Trinajstić information content (AvgIpc) is 2.30. The molecule has 0 saturated heterocycles. The molecule has 18 heavy (non-hydrogen) atoms. The highest BCUT2D eigenvalue weighted by atomic mass is 79.9. The molecular formula is C12H9BrClFN2O. The van der Waals surface area contributed by atoms with Gasteiger partial charge in [-0.3, -0.25) is 0 Å². The summed E-state index contributed by atoms with van der Waals surface area (Å²) in [6.45, 7) is 3.60. The van der Waals surface area contributed by atoms with Gasteiger partial charge in [0, 0.05) is 6.07 Å². The summed E-state index contributed by atoms with van der Waals surface area (Å²) in [4.78, 5) is 8.27. The molecule has 0 amide bonds. The van der Waals surface area contributed by atoms with E-state index in [1.54, 1.807) is 19.9 Å². The zero-order valence-electron chi connectivity index (χ0n) is 9.67. The Morgan fingerprint density at radius 2 is 1.89 bits per heavy atom. The summed E-state index contributed by atoms with van der Waals surface area (Å²) >= 11 is 9.20. The first kappa shape index (κ1) is 13.2. The molecule has 1 aromatic carbocycles. The molecule has 0 N–H and O–H groups in total. The van der Waals surface area contributed by atoms with Gasteiger partial charge < -0.3 is 4.74 Å². The van der Waals surface area contributed by atoms with Crippen molar-refractivity contribution in [2.45, 2.75) is 13.8 Å². The molecule has 0 atom stereocenters. The van der Waals surface area contributed by atoms with Gasteiger partial charge >= 0.3 is 0 Å². The molecule has 6 heteroatoms. The summed E-state index contributed by atoms with van der Waals surface area (Å²) < 4.78 is 19.2. The van der Waals surface area contributed by atoms with Crippen LogP contribution in [0.15, 0.2) is 22.7 Å². The molecule has 0 spiro atoms. The Balaban J connectivity index is 2.40. The second-order valence-corrected chi connectivity index (χ2v) is 4.88. The molecule has 1 heterocycles. The van der Waals surface area contributed by atoms with E-state index in [4.69, 9.17) is 16.3 Å². The maximum absolute atomic E-state index is 13.1. The van der Waals surface area contributed by atoms with Crippen LogP contribution in [0.1, 0.15) is 11.4 Å². The van der Waals surface area contributed by atoms with Crippen molar-refractivity contribution in [2.75, 3.05) is 0 Å². The molecule has 0 aliphatic rings. The molecule has 0 radical (unpaired) electrons. The van der Waals surface area contributed by atoms with Gasteiger partial charge in [-0.1, -0.05) is 11.6 Å². The second-order valence-electron chi connectivity index (χ2n) is 3.67. The Morgan fingerprint density at radius 3 is 2.61 bits per heavy atom. The van der Waals surface area contributed by atoms with Crippen LogP contribution in [-0.4, -0.2) is 9.97 Å². The van der Waals surface area contributed by atoms with Gasteiger partial charge in [-0.05, 0) is 41.9 Å². The van der Waals surface area contributed by atoms with Crippen molar-refractivity contribution in [3.05, 3.63) is 45.0 Å². The average molecular weight is 332 g/mol. The highest BCUT2D eigenvalue weighted by Crippen LogP contribution is 2.32. The lowest BCUT2D eigenvalue weighted by molar-refractivity contribution is 0.451. The number of hydrogen-bond acceptors (Lipinski definition) is 3. The number of rotatable bonds is 2. The minimum Gasteiger partial charge on any atom is -0.435 e. The molecule has 0 bridgehead atoms. The maximum atomic E-state index is 13.1. The largest absolute Gasteiger partial charge is 0.435 e. The summed E-state index contributed by atoms with van der Waals surface area (Å²) in [6, 6.07) is 4.12. The van der Waals surface area contributed by atoms with E-state index in [1.165, 1.54) is 12.1 Å². The molecule has 2 rings (SSSR count). The fraction of sp³-hybridized carbons (Fsp3) is 0.167. The third-order valence-corrected chi connectivity index (χ3v) is 3.24. The van der Waals surface area contributed by atoms with Gasteiger partial charge in [-0.2, -0.15) is 0 Å². The first-order valence-electron chi connectivity index (χ1n) is 5.11. The standard InChI is InChI=1S/C12H9BrClFN2O/c1-6-7(2)17-12(11(14)16-6)18-10-5-8(15)3-4-9(10)13/h3-5H,1-2H3. The lowest BCUT2D eigenvalue weighted by Crippen LogP contribution is -1.98. The third-order valence-electron chi connectivity index (χ3n) is 2.34. The van der Waals surface area contributed by atoms with Crippen molar-refractivity contribution in [1.29, 1.82) is 0 Å². The zero-order chi connectivity index (χ0) is 13.3. The fourth-order valence-corrected chi connectivity index (χ4v) is 1.81. The Morgan fingerprint density at radius 1 is 1.22 bits per heavy atom. The van der Waals surface area contributed by atoms with E-state index in [9.17, 15) is 4.39 Å². The van der Waals surface area contributed by atoms with E-state index in [0.717, 1.165) is 5.69 Å². The quantitative estimate of drug-likeness (QED) is 0.816. The number of hydrogen-bond donors (Lipinski definition) is 0. The molecule has 0 unspecified atom stereocenters. The normalized spacial score (nSPS) is 10.5. The number of halogens is 3. The highest BCUT2D eigenvalue weighted by molar-refractivity contribution is 9.10. The Kier molecular flexibility index (Phi) is 3.82. The second kappa shape index (κ2) is 5.20. The first-order chi connectivity index (χ1) is 8.47. The molecule has 3 nitrogen and oxygen atoms in total. The van der Waals surface area contributed by atoms with Gasteiger partial charge in [0.25, 0.3) is 5.88 Å². The molecule has 94 valence electrons. The van der Waals surface area contributed by atoms with E-state index >= 15 is 0 Å². The smallest absolute Gasteiger partial charge is 0.257 e. The SMILES string of the molecule is Cc1nc(Cl)c(Oc2cc(F)ccc2Br)nc1C. The predicted octanol–water partition coefficient (Wildman–Crippen LogP) is 4.44. The maximum Gasteiger partial charge on any atom is 0.257 e. The van der Waals surface area contributed by atoms with Gasteiger partial charge in [0.2, 0.25) is 0 Å². The molecule has 0 aliphatic heterocycles. The fourth-order valence-electron chi connectivity index (χ4n) is 1.28. The summed E-state index contributed by atoms with van der Waals surface area (Å²) in [5.74, 6) is 0.0571. The van der Waals surface area contributed by atoms with Crippen LogP contribution < -0.4 is 4.74 Å². The van der Waals surface area contributed by atoms with Crippen LogP contribution in [0.3, 0.4) is 0 Å². The van der Waals surface area contributed by atoms with Crippen molar-refractivity contribution in [3.63, 3.8) is 0 Å². The van der Waals surface area contributed by atoms with Crippen molar-refractivity contribution >= 4 is 27.5 Å². The van der Waals surface area contributed by atoms with Crippen molar-refractivity contribution in [2.24, 2.45) is 0 Å². The van der Waals surface area contributed by atoms with Crippen LogP contribution >= 0.6 is 27.5 Å². The van der Waals surface area contributed by atoms with E-state index in [-0.39, 0.29) is 11.0 Å². The molecule has 2 aromatic rings. The van der Waals surface area contributed by atoms with Gasteiger partial charge in [0.05, 0.1) is 15.9 Å². The number of aryl methyl sites for hydroxylation is 2. The van der Waals surface area contributed by atoms with Crippen LogP contribution in [0, 0.1) is 19.7 Å². The van der Waals surface area contributed by atoms with Crippen molar-refractivity contribution in [1.82, 2.24) is 9.97 Å². The molecular weight excluding hydrogens is 322 g/mol.